The third-order valence-corrected chi connectivity index (χ3v) is 5.70. The summed E-state index contributed by atoms with van der Waals surface area (Å²) in [4.78, 5) is 4.62. The molecule has 3 nitrogen and oxygen atoms in total. The van der Waals surface area contributed by atoms with E-state index in [0.717, 1.165) is 31.7 Å². The molecule has 0 amide bonds. The van der Waals surface area contributed by atoms with E-state index in [4.69, 9.17) is 9.47 Å². The van der Waals surface area contributed by atoms with Gasteiger partial charge in [-0.2, -0.15) is 0 Å². The molecule has 1 unspecified atom stereocenters. The molecule has 0 aromatic carbocycles. The number of hydrogen-bond donors (Lipinski definition) is 0. The van der Waals surface area contributed by atoms with Gasteiger partial charge in [0.1, 0.15) is 5.91 Å². The van der Waals surface area contributed by atoms with Crippen LogP contribution in [0.2, 0.25) is 5.54 Å². The highest BCUT2D eigenvalue weighted by atomic mass is 28.2. The molecular weight excluding hydrogens is 254 g/mol. The van der Waals surface area contributed by atoms with Crippen molar-refractivity contribution in [3.05, 3.63) is 0 Å². The quantitative estimate of drug-likeness (QED) is 0.313. The van der Waals surface area contributed by atoms with Crippen molar-refractivity contribution in [3.63, 3.8) is 0 Å². The Morgan fingerprint density at radius 1 is 1.05 bits per heavy atom. The van der Waals surface area contributed by atoms with E-state index in [1.165, 1.54) is 25.0 Å². The fourth-order valence-electron chi connectivity index (χ4n) is 2.17. The van der Waals surface area contributed by atoms with Crippen molar-refractivity contribution in [2.24, 2.45) is 4.99 Å². The minimum Gasteiger partial charge on any atom is -0.357 e. The van der Waals surface area contributed by atoms with E-state index >= 15 is 0 Å². The zero-order valence-corrected chi connectivity index (χ0v) is 15.0. The molecule has 0 fully saturated rings. The molecule has 1 atom stereocenters. The fraction of sp³-hybridized carbons (Fsp3) is 0.933. The summed E-state index contributed by atoms with van der Waals surface area (Å²) in [6, 6.07) is 0. The summed E-state index contributed by atoms with van der Waals surface area (Å²) in [5.41, 5.74) is 2.06. The van der Waals surface area contributed by atoms with Crippen molar-refractivity contribution in [1.29, 1.82) is 0 Å². The molecule has 0 aliphatic rings. The first-order chi connectivity index (χ1) is 9.17. The van der Waals surface area contributed by atoms with Gasteiger partial charge in [0.15, 0.2) is 0 Å². The Kier molecular flexibility index (Phi) is 12.7. The summed E-state index contributed by atoms with van der Waals surface area (Å²) in [7, 11) is -0.359. The molecule has 0 saturated heterocycles. The Balaban J connectivity index is 4.20. The molecule has 4 heteroatoms. The van der Waals surface area contributed by atoms with Crippen LogP contribution in [-0.4, -0.2) is 40.9 Å². The highest BCUT2D eigenvalue weighted by Gasteiger charge is 2.17. The predicted octanol–water partition coefficient (Wildman–Crippen LogP) is 3.36. The summed E-state index contributed by atoms with van der Waals surface area (Å²) >= 11 is 0. The van der Waals surface area contributed by atoms with Crippen LogP contribution < -0.4 is 0 Å². The van der Waals surface area contributed by atoms with Crippen molar-refractivity contribution >= 4 is 15.2 Å². The molecule has 0 N–H and O–H groups in total. The van der Waals surface area contributed by atoms with Gasteiger partial charge in [-0.25, -0.2) is 0 Å². The summed E-state index contributed by atoms with van der Waals surface area (Å²) in [6.45, 7) is 13.1. The standard InChI is InChI=1S/C15H33NO2Si/c1-6-10-14(11-12-16-13(5)7-2)19-15(17-8-3)18-9-4/h14-15H,6-12,19H2,1-5H3. The maximum absolute atomic E-state index is 5.71. The summed E-state index contributed by atoms with van der Waals surface area (Å²) in [5, 5.41) is 0. The van der Waals surface area contributed by atoms with Gasteiger partial charge >= 0.3 is 0 Å². The van der Waals surface area contributed by atoms with Crippen molar-refractivity contribution in [2.45, 2.75) is 71.8 Å². The minimum atomic E-state index is -0.359. The smallest absolute Gasteiger partial charge is 0.135 e. The molecule has 0 radical (unpaired) electrons. The van der Waals surface area contributed by atoms with Crippen LogP contribution in [0.25, 0.3) is 0 Å². The Morgan fingerprint density at radius 3 is 2.16 bits per heavy atom. The zero-order valence-electron chi connectivity index (χ0n) is 13.6. The third kappa shape index (κ3) is 10.3. The van der Waals surface area contributed by atoms with Gasteiger partial charge in [0, 0.05) is 25.5 Å². The van der Waals surface area contributed by atoms with Crippen LogP contribution in [0.15, 0.2) is 4.99 Å². The zero-order chi connectivity index (χ0) is 14.5. The lowest BCUT2D eigenvalue weighted by atomic mass is 10.2. The first-order valence-electron chi connectivity index (χ1n) is 7.90. The second kappa shape index (κ2) is 12.8. The van der Waals surface area contributed by atoms with Gasteiger partial charge in [-0.1, -0.05) is 26.7 Å². The second-order valence-corrected chi connectivity index (χ2v) is 7.28. The molecule has 19 heavy (non-hydrogen) atoms. The maximum atomic E-state index is 5.71. The molecule has 0 aliphatic heterocycles. The number of aliphatic imine (C=N–C) groups is 1. The van der Waals surface area contributed by atoms with Gasteiger partial charge in [0.2, 0.25) is 0 Å². The first kappa shape index (κ1) is 18.8. The molecule has 0 aromatic rings. The van der Waals surface area contributed by atoms with Crippen molar-refractivity contribution in [3.8, 4) is 0 Å². The largest absolute Gasteiger partial charge is 0.357 e. The van der Waals surface area contributed by atoms with E-state index in [1.54, 1.807) is 0 Å². The van der Waals surface area contributed by atoms with Gasteiger partial charge in [-0.3, -0.25) is 4.99 Å². The van der Waals surface area contributed by atoms with Crippen LogP contribution >= 0.6 is 0 Å². The molecule has 0 aliphatic carbocycles. The molecule has 0 saturated carbocycles. The summed E-state index contributed by atoms with van der Waals surface area (Å²) in [5.74, 6) is 0.0998. The minimum absolute atomic E-state index is 0.0998. The number of nitrogens with zero attached hydrogens (tertiary/aromatic N) is 1. The summed E-state index contributed by atoms with van der Waals surface area (Å²) < 4.78 is 11.4. The monoisotopic (exact) mass is 287 g/mol. The molecule has 0 spiro atoms. The highest BCUT2D eigenvalue weighted by Crippen LogP contribution is 2.19. The van der Waals surface area contributed by atoms with Crippen LogP contribution in [0, 0.1) is 0 Å². The van der Waals surface area contributed by atoms with Gasteiger partial charge < -0.3 is 9.47 Å². The number of ether oxygens (including phenoxy) is 2. The average molecular weight is 288 g/mol. The normalized spacial score (nSPS) is 14.7. The Morgan fingerprint density at radius 2 is 1.68 bits per heavy atom. The molecule has 0 bridgehead atoms. The van der Waals surface area contributed by atoms with Crippen LogP contribution in [0.3, 0.4) is 0 Å². The van der Waals surface area contributed by atoms with Crippen LogP contribution in [0.4, 0.5) is 0 Å². The van der Waals surface area contributed by atoms with Crippen molar-refractivity contribution < 1.29 is 9.47 Å². The van der Waals surface area contributed by atoms with E-state index in [-0.39, 0.29) is 15.4 Å². The lowest BCUT2D eigenvalue weighted by molar-refractivity contribution is -0.0834. The van der Waals surface area contributed by atoms with Gasteiger partial charge in [-0.15, -0.1) is 0 Å². The third-order valence-electron chi connectivity index (χ3n) is 3.36. The summed E-state index contributed by atoms with van der Waals surface area (Å²) in [6.07, 6.45) is 4.81. The van der Waals surface area contributed by atoms with E-state index in [1.807, 2.05) is 13.8 Å². The van der Waals surface area contributed by atoms with E-state index in [2.05, 4.69) is 25.8 Å². The molecular formula is C15H33NO2Si. The SMILES string of the molecule is CCCC(CCN=C(C)CC)[SiH2]C(OCC)OCC. The second-order valence-electron chi connectivity index (χ2n) is 4.99. The van der Waals surface area contributed by atoms with Crippen molar-refractivity contribution in [2.75, 3.05) is 19.8 Å². The van der Waals surface area contributed by atoms with E-state index in [0.29, 0.717) is 0 Å². The van der Waals surface area contributed by atoms with Gasteiger partial charge in [0.05, 0.1) is 9.52 Å². The Hall–Kier alpha value is -0.193. The topological polar surface area (TPSA) is 30.8 Å². The highest BCUT2D eigenvalue weighted by molar-refractivity contribution is 6.38. The van der Waals surface area contributed by atoms with Crippen LogP contribution in [0.5, 0.6) is 0 Å². The maximum Gasteiger partial charge on any atom is 0.135 e. The van der Waals surface area contributed by atoms with E-state index in [9.17, 15) is 0 Å². The number of rotatable bonds is 12. The molecule has 0 aromatic heterocycles. The average Bonchev–Trinajstić information content (AvgIpc) is 2.39. The van der Waals surface area contributed by atoms with Gasteiger partial charge in [0.25, 0.3) is 0 Å². The predicted molar refractivity (Wildman–Crippen MR) is 87.1 cm³/mol. The van der Waals surface area contributed by atoms with Crippen LogP contribution in [-0.2, 0) is 9.47 Å². The molecule has 114 valence electrons. The fourth-order valence-corrected chi connectivity index (χ4v) is 4.52. The van der Waals surface area contributed by atoms with Gasteiger partial charge in [-0.05, 0) is 39.2 Å². The lowest BCUT2D eigenvalue weighted by Crippen LogP contribution is -2.28. The number of hydrogen-bond acceptors (Lipinski definition) is 3. The Labute approximate surface area is 122 Å². The van der Waals surface area contributed by atoms with Crippen molar-refractivity contribution in [1.82, 2.24) is 0 Å². The van der Waals surface area contributed by atoms with Crippen LogP contribution in [0.1, 0.15) is 60.3 Å². The first-order valence-corrected chi connectivity index (χ1v) is 9.54. The molecule has 0 rings (SSSR count). The molecule has 0 heterocycles. The van der Waals surface area contributed by atoms with E-state index < -0.39 is 0 Å². The Bertz CT molecular complexity index is 228. The lowest BCUT2D eigenvalue weighted by Gasteiger charge is -2.22.